The van der Waals surface area contributed by atoms with Crippen LogP contribution in [0.5, 0.6) is 11.5 Å². The number of hydrogen-bond donors (Lipinski definition) is 2. The number of rotatable bonds is 14. The van der Waals surface area contributed by atoms with Gasteiger partial charge in [-0.3, -0.25) is 9.69 Å². The summed E-state index contributed by atoms with van der Waals surface area (Å²) in [5.74, 6) is 1.68. The van der Waals surface area contributed by atoms with Gasteiger partial charge in [-0.15, -0.1) is 0 Å². The average Bonchev–Trinajstić information content (AvgIpc) is 3.02. The largest absolute Gasteiger partial charge is 0.497 e. The Bertz CT molecular complexity index is 1390. The number of methoxy groups -OCH3 is 2. The molecule has 0 atom stereocenters. The van der Waals surface area contributed by atoms with E-state index in [1.807, 2.05) is 0 Å². The molecule has 42 heavy (non-hydrogen) atoms. The van der Waals surface area contributed by atoms with Gasteiger partial charge in [-0.2, -0.15) is 4.98 Å². The minimum atomic E-state index is -0.350. The molecule has 11 heteroatoms. The van der Waals surface area contributed by atoms with Crippen LogP contribution in [0.25, 0.3) is 0 Å². The van der Waals surface area contributed by atoms with E-state index in [1.165, 1.54) is 11.0 Å². The Kier molecular flexibility index (Phi) is 10.3. The molecule has 3 amide bonds. The quantitative estimate of drug-likeness (QED) is 0.194. The second kappa shape index (κ2) is 14.3. The SMILES string of the molecule is C=CC(=O)Nc1cccc(N2C(=O)N(c3cc(OC)cc(OC)c3)Cc3cnc(NCCCCN(CC)CC)nc32)c1. The molecule has 4 rings (SSSR count). The Labute approximate surface area is 247 Å². The number of carbonyl (C=O) groups excluding carboxylic acids is 2. The summed E-state index contributed by atoms with van der Waals surface area (Å²) >= 11 is 0. The molecule has 0 saturated heterocycles. The predicted octanol–water partition coefficient (Wildman–Crippen LogP) is 5.43. The van der Waals surface area contributed by atoms with Crippen molar-refractivity contribution in [1.82, 2.24) is 14.9 Å². The number of carbonyl (C=O) groups is 2. The third kappa shape index (κ3) is 7.16. The summed E-state index contributed by atoms with van der Waals surface area (Å²) in [6.07, 6.45) is 4.97. The molecule has 2 aromatic carbocycles. The summed E-state index contributed by atoms with van der Waals surface area (Å²) < 4.78 is 10.9. The van der Waals surface area contributed by atoms with Gasteiger partial charge in [0.2, 0.25) is 11.9 Å². The molecule has 1 aliphatic heterocycles. The fourth-order valence-electron chi connectivity index (χ4n) is 4.74. The summed E-state index contributed by atoms with van der Waals surface area (Å²) in [6.45, 7) is 12.0. The monoisotopic (exact) mass is 573 g/mol. The first kappa shape index (κ1) is 30.3. The highest BCUT2D eigenvalue weighted by atomic mass is 16.5. The van der Waals surface area contributed by atoms with Crippen molar-refractivity contribution in [3.63, 3.8) is 0 Å². The van der Waals surface area contributed by atoms with Crippen molar-refractivity contribution in [1.29, 1.82) is 0 Å². The van der Waals surface area contributed by atoms with Crippen molar-refractivity contribution in [2.24, 2.45) is 0 Å². The molecule has 0 unspecified atom stereocenters. The zero-order valence-corrected chi connectivity index (χ0v) is 24.7. The van der Waals surface area contributed by atoms with E-state index in [4.69, 9.17) is 14.5 Å². The van der Waals surface area contributed by atoms with Crippen LogP contribution in [-0.4, -0.2) is 67.2 Å². The Morgan fingerprint density at radius 1 is 1.07 bits per heavy atom. The molecular formula is C31H39N7O4. The van der Waals surface area contributed by atoms with Crippen molar-refractivity contribution in [2.75, 3.05) is 60.8 Å². The molecule has 1 aliphatic rings. The molecule has 1 aromatic heterocycles. The van der Waals surface area contributed by atoms with Gasteiger partial charge in [0.15, 0.2) is 5.82 Å². The van der Waals surface area contributed by atoms with Crippen molar-refractivity contribution < 1.29 is 19.1 Å². The number of amides is 3. The zero-order chi connectivity index (χ0) is 30.1. The Morgan fingerprint density at radius 3 is 2.48 bits per heavy atom. The second-order valence-corrected chi connectivity index (χ2v) is 9.72. The third-order valence-corrected chi connectivity index (χ3v) is 7.09. The van der Waals surface area contributed by atoms with Gasteiger partial charge in [0.05, 0.1) is 32.1 Å². The highest BCUT2D eigenvalue weighted by Crippen LogP contribution is 2.38. The number of urea groups is 1. The second-order valence-electron chi connectivity index (χ2n) is 9.72. The van der Waals surface area contributed by atoms with Crippen LogP contribution in [0.4, 0.5) is 33.6 Å². The number of nitrogens with zero attached hydrogens (tertiary/aromatic N) is 5. The maximum absolute atomic E-state index is 14.2. The van der Waals surface area contributed by atoms with Gasteiger partial charge >= 0.3 is 6.03 Å². The standard InChI is InChI=1S/C31H39N7O4/c1-6-28(39)34-23-12-11-13-24(16-23)38-29-22(20-33-30(35-29)32-14-9-10-15-36(7-2)8-3)21-37(31(38)40)25-17-26(41-4)19-27(18-25)42-5/h6,11-13,16-20H,1,7-10,14-15,21H2,2-5H3,(H,34,39)(H,32,33,35). The highest BCUT2D eigenvalue weighted by Gasteiger charge is 2.35. The van der Waals surface area contributed by atoms with Gasteiger partial charge in [0.25, 0.3) is 0 Å². The van der Waals surface area contributed by atoms with E-state index < -0.39 is 0 Å². The summed E-state index contributed by atoms with van der Waals surface area (Å²) in [5, 5.41) is 6.08. The van der Waals surface area contributed by atoms with E-state index in [2.05, 4.69) is 40.9 Å². The molecule has 0 radical (unpaired) electrons. The lowest BCUT2D eigenvalue weighted by atomic mass is 10.1. The van der Waals surface area contributed by atoms with E-state index >= 15 is 0 Å². The molecule has 3 aromatic rings. The summed E-state index contributed by atoms with van der Waals surface area (Å²) in [5.41, 5.74) is 2.40. The van der Waals surface area contributed by atoms with Crippen molar-refractivity contribution in [2.45, 2.75) is 33.2 Å². The fraction of sp³-hybridized carbons (Fsp3) is 0.355. The van der Waals surface area contributed by atoms with Gasteiger partial charge in [0.1, 0.15) is 11.5 Å². The van der Waals surface area contributed by atoms with Gasteiger partial charge in [0, 0.05) is 42.2 Å². The van der Waals surface area contributed by atoms with Crippen molar-refractivity contribution >= 4 is 40.8 Å². The maximum Gasteiger partial charge on any atom is 0.335 e. The minimum Gasteiger partial charge on any atom is -0.497 e. The van der Waals surface area contributed by atoms with E-state index in [9.17, 15) is 9.59 Å². The Morgan fingerprint density at radius 2 is 1.81 bits per heavy atom. The molecule has 0 bridgehead atoms. The molecular weight excluding hydrogens is 534 g/mol. The molecule has 0 saturated carbocycles. The summed E-state index contributed by atoms with van der Waals surface area (Å²) in [6, 6.07) is 12.0. The van der Waals surface area contributed by atoms with Crippen LogP contribution in [0.3, 0.4) is 0 Å². The van der Waals surface area contributed by atoms with Gasteiger partial charge < -0.3 is 25.0 Å². The maximum atomic E-state index is 14.2. The Hall–Kier alpha value is -4.64. The Balaban J connectivity index is 1.67. The van der Waals surface area contributed by atoms with E-state index in [-0.39, 0.29) is 18.5 Å². The minimum absolute atomic E-state index is 0.248. The number of benzene rings is 2. The topological polar surface area (TPSA) is 112 Å². The number of fused-ring (bicyclic) bond motifs is 1. The average molecular weight is 574 g/mol. The van der Waals surface area contributed by atoms with E-state index in [1.54, 1.807) is 67.8 Å². The predicted molar refractivity (Wildman–Crippen MR) is 166 cm³/mol. The van der Waals surface area contributed by atoms with E-state index in [0.717, 1.165) is 38.0 Å². The fourth-order valence-corrected chi connectivity index (χ4v) is 4.74. The van der Waals surface area contributed by atoms with Crippen LogP contribution >= 0.6 is 0 Å². The molecule has 222 valence electrons. The molecule has 0 aliphatic carbocycles. The molecule has 0 fully saturated rings. The highest BCUT2D eigenvalue weighted by molar-refractivity contribution is 6.11. The first-order chi connectivity index (χ1) is 20.4. The lowest BCUT2D eigenvalue weighted by Crippen LogP contribution is -2.45. The number of ether oxygens (including phenoxy) is 2. The first-order valence-corrected chi connectivity index (χ1v) is 14.1. The van der Waals surface area contributed by atoms with Crippen LogP contribution in [0.1, 0.15) is 32.3 Å². The lowest BCUT2D eigenvalue weighted by Gasteiger charge is -2.36. The third-order valence-electron chi connectivity index (χ3n) is 7.09. The lowest BCUT2D eigenvalue weighted by molar-refractivity contribution is -0.111. The van der Waals surface area contributed by atoms with Crippen molar-refractivity contribution in [3.05, 3.63) is 66.9 Å². The number of hydrogen-bond acceptors (Lipinski definition) is 8. The molecule has 2 heterocycles. The summed E-state index contributed by atoms with van der Waals surface area (Å²) in [7, 11) is 3.13. The normalized spacial score (nSPS) is 12.6. The number of anilines is 5. The first-order valence-electron chi connectivity index (χ1n) is 14.1. The van der Waals surface area contributed by atoms with Gasteiger partial charge in [-0.25, -0.2) is 14.7 Å². The molecule has 0 spiro atoms. The smallest absolute Gasteiger partial charge is 0.335 e. The van der Waals surface area contributed by atoms with Gasteiger partial charge in [-0.1, -0.05) is 26.5 Å². The van der Waals surface area contributed by atoms with E-state index in [0.29, 0.717) is 46.9 Å². The van der Waals surface area contributed by atoms with Crippen LogP contribution in [0.2, 0.25) is 0 Å². The number of nitrogens with one attached hydrogen (secondary N) is 2. The van der Waals surface area contributed by atoms with Crippen LogP contribution in [-0.2, 0) is 11.3 Å². The summed E-state index contributed by atoms with van der Waals surface area (Å²) in [4.78, 5) is 41.1. The molecule has 2 N–H and O–H groups in total. The number of aromatic nitrogens is 2. The number of unbranched alkanes of at least 4 members (excludes halogenated alkanes) is 1. The van der Waals surface area contributed by atoms with Crippen LogP contribution < -0.4 is 29.9 Å². The van der Waals surface area contributed by atoms with Crippen LogP contribution in [0.15, 0.2) is 61.3 Å². The van der Waals surface area contributed by atoms with Gasteiger partial charge in [-0.05, 0) is 56.8 Å². The zero-order valence-electron chi connectivity index (χ0n) is 24.7. The van der Waals surface area contributed by atoms with Crippen LogP contribution in [0, 0.1) is 0 Å². The van der Waals surface area contributed by atoms with Crippen molar-refractivity contribution in [3.8, 4) is 11.5 Å². The molecule has 11 nitrogen and oxygen atoms in total.